The molecule has 0 radical (unpaired) electrons. The van der Waals surface area contributed by atoms with Crippen LogP contribution in [0.3, 0.4) is 0 Å². The average Bonchev–Trinajstić information content (AvgIpc) is 2.39. The zero-order valence-corrected chi connectivity index (χ0v) is 11.9. The van der Waals surface area contributed by atoms with Crippen molar-refractivity contribution in [1.29, 1.82) is 0 Å². The number of hydrogen-bond acceptors (Lipinski definition) is 2. The minimum atomic E-state index is -0.299. The van der Waals surface area contributed by atoms with E-state index in [1.54, 1.807) is 0 Å². The van der Waals surface area contributed by atoms with Crippen molar-refractivity contribution in [3.63, 3.8) is 0 Å². The highest BCUT2D eigenvalue weighted by molar-refractivity contribution is 6.02. The first-order valence-electron chi connectivity index (χ1n) is 7.09. The number of carbonyl (C=O) groups excluding carboxylic acids is 1. The lowest BCUT2D eigenvalue weighted by molar-refractivity contribution is -0.126. The second kappa shape index (κ2) is 6.34. The zero-order valence-electron chi connectivity index (χ0n) is 11.9. The van der Waals surface area contributed by atoms with Gasteiger partial charge in [0.05, 0.1) is 5.54 Å². The van der Waals surface area contributed by atoms with Crippen molar-refractivity contribution in [3.8, 4) is 0 Å². The number of allylic oxidation sites excluding steroid dienone is 1. The van der Waals surface area contributed by atoms with E-state index < -0.39 is 0 Å². The second-order valence-corrected chi connectivity index (χ2v) is 5.10. The van der Waals surface area contributed by atoms with E-state index in [9.17, 15) is 4.79 Å². The molecule has 0 fully saturated rings. The summed E-state index contributed by atoms with van der Waals surface area (Å²) in [4.78, 5) is 15.0. The summed E-state index contributed by atoms with van der Waals surface area (Å²) < 4.78 is 0. The van der Waals surface area contributed by atoms with E-state index in [2.05, 4.69) is 38.7 Å². The van der Waals surface area contributed by atoms with Crippen LogP contribution in [0.4, 0.5) is 0 Å². The molecule has 2 heteroatoms. The summed E-state index contributed by atoms with van der Waals surface area (Å²) >= 11 is 0. The van der Waals surface area contributed by atoms with Crippen molar-refractivity contribution in [1.82, 2.24) is 4.90 Å². The second-order valence-electron chi connectivity index (χ2n) is 5.10. The lowest BCUT2D eigenvalue weighted by Gasteiger charge is -2.39. The Morgan fingerprint density at radius 3 is 2.35 bits per heavy atom. The van der Waals surface area contributed by atoms with Crippen LogP contribution in [0.25, 0.3) is 0 Å². The average molecular weight is 237 g/mol. The summed E-state index contributed by atoms with van der Waals surface area (Å²) in [7, 11) is 0. The fourth-order valence-corrected chi connectivity index (χ4v) is 2.84. The lowest BCUT2D eigenvalue weighted by Crippen LogP contribution is -2.52. The van der Waals surface area contributed by atoms with Crippen LogP contribution in [0, 0.1) is 0 Å². The highest BCUT2D eigenvalue weighted by Crippen LogP contribution is 2.28. The quantitative estimate of drug-likeness (QED) is 0.704. The van der Waals surface area contributed by atoms with Gasteiger partial charge >= 0.3 is 0 Å². The molecule has 0 saturated heterocycles. The molecule has 17 heavy (non-hydrogen) atoms. The normalized spacial score (nSPS) is 19.9. The molecule has 1 aliphatic carbocycles. The molecule has 0 aromatic carbocycles. The van der Waals surface area contributed by atoms with Gasteiger partial charge in [-0.25, -0.2) is 0 Å². The molecule has 0 amide bonds. The first-order chi connectivity index (χ1) is 8.10. The predicted molar refractivity (Wildman–Crippen MR) is 73.2 cm³/mol. The summed E-state index contributed by atoms with van der Waals surface area (Å²) in [5.41, 5.74) is 0.777. The van der Waals surface area contributed by atoms with Crippen LogP contribution >= 0.6 is 0 Å². The summed E-state index contributed by atoms with van der Waals surface area (Å²) in [6.07, 6.45) is 7.55. The number of carbonyl (C=O) groups is 1. The van der Waals surface area contributed by atoms with E-state index in [1.165, 1.54) is 12.8 Å². The van der Waals surface area contributed by atoms with Gasteiger partial charge in [0.2, 0.25) is 0 Å². The zero-order chi connectivity index (χ0) is 12.9. The first-order valence-corrected chi connectivity index (χ1v) is 7.09. The molecule has 1 rings (SSSR count). The van der Waals surface area contributed by atoms with Crippen LogP contribution in [-0.2, 0) is 4.79 Å². The molecular weight excluding hydrogens is 210 g/mol. The summed E-state index contributed by atoms with van der Waals surface area (Å²) in [6.45, 7) is 10.4. The van der Waals surface area contributed by atoms with Crippen molar-refractivity contribution in [2.24, 2.45) is 0 Å². The Hall–Kier alpha value is -0.630. The summed E-state index contributed by atoms with van der Waals surface area (Å²) in [6, 6.07) is 0. The van der Waals surface area contributed by atoms with E-state index in [0.717, 1.165) is 37.9 Å². The molecule has 0 aliphatic heterocycles. The van der Waals surface area contributed by atoms with Crippen LogP contribution in [0.1, 0.15) is 59.8 Å². The Balaban J connectivity index is 2.91. The number of ketones is 1. The third kappa shape index (κ3) is 2.98. The van der Waals surface area contributed by atoms with E-state index in [4.69, 9.17) is 0 Å². The Bertz CT molecular complexity index is 291. The van der Waals surface area contributed by atoms with Gasteiger partial charge in [-0.2, -0.15) is 0 Å². The Kier molecular flexibility index (Phi) is 5.38. The fraction of sp³-hybridized carbons (Fsp3) is 0.800. The molecule has 0 N–H and O–H groups in total. The van der Waals surface area contributed by atoms with Crippen molar-refractivity contribution >= 4 is 5.78 Å². The Labute approximate surface area is 106 Å². The van der Waals surface area contributed by atoms with E-state index in [1.807, 2.05) is 0 Å². The summed E-state index contributed by atoms with van der Waals surface area (Å²) in [5.74, 6) is 0.364. The highest BCUT2D eigenvalue weighted by atomic mass is 16.1. The monoisotopic (exact) mass is 237 g/mol. The Morgan fingerprint density at radius 1 is 1.29 bits per heavy atom. The lowest BCUT2D eigenvalue weighted by atomic mass is 9.82. The third-order valence-electron chi connectivity index (χ3n) is 4.22. The summed E-state index contributed by atoms with van der Waals surface area (Å²) in [5, 5.41) is 0. The van der Waals surface area contributed by atoms with Gasteiger partial charge in [0.25, 0.3) is 0 Å². The minimum absolute atomic E-state index is 0.299. The fourth-order valence-electron chi connectivity index (χ4n) is 2.84. The number of hydrogen-bond donors (Lipinski definition) is 0. The van der Waals surface area contributed by atoms with Gasteiger partial charge in [0.1, 0.15) is 0 Å². The maximum absolute atomic E-state index is 12.7. The smallest absolute Gasteiger partial charge is 0.178 e. The molecular formula is C15H27NO. The van der Waals surface area contributed by atoms with Gasteiger partial charge in [-0.15, -0.1) is 0 Å². The third-order valence-corrected chi connectivity index (χ3v) is 4.22. The van der Waals surface area contributed by atoms with Crippen LogP contribution in [-0.4, -0.2) is 29.3 Å². The number of rotatable bonds is 6. The van der Waals surface area contributed by atoms with Crippen molar-refractivity contribution < 1.29 is 4.79 Å². The van der Waals surface area contributed by atoms with E-state index in [-0.39, 0.29) is 5.54 Å². The molecule has 1 atom stereocenters. The van der Waals surface area contributed by atoms with Gasteiger partial charge in [-0.05, 0) is 57.7 Å². The molecule has 0 aromatic heterocycles. The van der Waals surface area contributed by atoms with E-state index in [0.29, 0.717) is 5.78 Å². The van der Waals surface area contributed by atoms with Crippen LogP contribution in [0.15, 0.2) is 11.6 Å². The van der Waals surface area contributed by atoms with Gasteiger partial charge in [0.15, 0.2) is 5.78 Å². The number of likely N-dealkylation sites (N-methyl/N-ethyl adjacent to an activating group) is 1. The van der Waals surface area contributed by atoms with Crippen LogP contribution in [0.2, 0.25) is 0 Å². The topological polar surface area (TPSA) is 20.3 Å². The highest BCUT2D eigenvalue weighted by Gasteiger charge is 2.37. The molecule has 0 heterocycles. The number of nitrogens with zero attached hydrogens (tertiary/aromatic N) is 1. The van der Waals surface area contributed by atoms with Crippen molar-refractivity contribution in [3.05, 3.63) is 11.6 Å². The van der Waals surface area contributed by atoms with E-state index >= 15 is 0 Å². The molecule has 0 bridgehead atoms. The Morgan fingerprint density at radius 2 is 1.94 bits per heavy atom. The molecule has 1 unspecified atom stereocenters. The first kappa shape index (κ1) is 14.4. The van der Waals surface area contributed by atoms with Gasteiger partial charge in [-0.3, -0.25) is 9.69 Å². The van der Waals surface area contributed by atoms with Crippen LogP contribution in [0.5, 0.6) is 0 Å². The van der Waals surface area contributed by atoms with Gasteiger partial charge in [0, 0.05) is 0 Å². The minimum Gasteiger partial charge on any atom is -0.292 e. The van der Waals surface area contributed by atoms with Crippen molar-refractivity contribution in [2.45, 2.75) is 65.3 Å². The molecule has 0 saturated carbocycles. The van der Waals surface area contributed by atoms with Crippen molar-refractivity contribution in [2.75, 3.05) is 13.1 Å². The molecule has 98 valence electrons. The maximum Gasteiger partial charge on any atom is 0.178 e. The standard InChI is InChI=1S/C15H27NO/c1-5-15(4,16(6-2)7-3)14(17)13-11-9-8-10-12-13/h11H,5-10,12H2,1-4H3. The molecule has 1 aliphatic rings. The molecule has 0 aromatic rings. The van der Waals surface area contributed by atoms with Gasteiger partial charge < -0.3 is 0 Å². The predicted octanol–water partition coefficient (Wildman–Crippen LogP) is 3.57. The molecule has 2 nitrogen and oxygen atoms in total. The van der Waals surface area contributed by atoms with Gasteiger partial charge in [-0.1, -0.05) is 26.8 Å². The largest absolute Gasteiger partial charge is 0.292 e. The SMILES string of the molecule is CCN(CC)C(C)(CC)C(=O)C1=CCCCC1. The number of Topliss-reactive ketones (excluding diaryl/α,β-unsaturated/α-hetero) is 1. The van der Waals surface area contributed by atoms with Crippen LogP contribution < -0.4 is 0 Å². The maximum atomic E-state index is 12.7. The molecule has 0 spiro atoms.